The molecule has 1 amide bonds. The van der Waals surface area contributed by atoms with Gasteiger partial charge in [0.05, 0.1) is 5.69 Å². The van der Waals surface area contributed by atoms with Gasteiger partial charge in [0.1, 0.15) is 12.3 Å². The number of aromatic hydroxyl groups is 1. The van der Waals surface area contributed by atoms with E-state index in [1.165, 1.54) is 30.3 Å². The molecule has 1 heterocycles. The van der Waals surface area contributed by atoms with E-state index in [0.717, 1.165) is 4.90 Å². The molecular formula is C13H12N2O5. The highest BCUT2D eigenvalue weighted by atomic mass is 16.5. The fourth-order valence-corrected chi connectivity index (χ4v) is 1.65. The number of carboxylic acids is 1. The minimum Gasteiger partial charge on any atom is -0.508 e. The van der Waals surface area contributed by atoms with Gasteiger partial charge in [0, 0.05) is 11.8 Å². The first kappa shape index (κ1) is 13.6. The lowest BCUT2D eigenvalue weighted by Gasteiger charge is -2.19. The summed E-state index contributed by atoms with van der Waals surface area (Å²) in [6.07, 6.45) is 0. The van der Waals surface area contributed by atoms with Crippen molar-refractivity contribution >= 4 is 17.6 Å². The first-order chi connectivity index (χ1) is 9.47. The van der Waals surface area contributed by atoms with Crippen LogP contribution in [0.25, 0.3) is 0 Å². The number of nitrogens with zero attached hydrogens (tertiary/aromatic N) is 2. The van der Waals surface area contributed by atoms with Gasteiger partial charge < -0.3 is 14.7 Å². The quantitative estimate of drug-likeness (QED) is 0.875. The zero-order valence-electron chi connectivity index (χ0n) is 10.6. The second-order valence-corrected chi connectivity index (χ2v) is 4.13. The monoisotopic (exact) mass is 276 g/mol. The number of carboxylic acid groups (broad SMARTS) is 1. The normalized spacial score (nSPS) is 10.2. The van der Waals surface area contributed by atoms with Crippen molar-refractivity contribution in [1.82, 2.24) is 5.16 Å². The Labute approximate surface area is 114 Å². The van der Waals surface area contributed by atoms with E-state index >= 15 is 0 Å². The van der Waals surface area contributed by atoms with Gasteiger partial charge in [-0.25, -0.2) is 0 Å². The van der Waals surface area contributed by atoms with E-state index in [4.69, 9.17) is 9.63 Å². The topological polar surface area (TPSA) is 104 Å². The number of benzene rings is 1. The minimum atomic E-state index is -1.16. The molecule has 0 aliphatic carbocycles. The number of aryl methyl sites for hydroxylation is 1. The highest BCUT2D eigenvalue weighted by molar-refractivity contribution is 6.06. The molecule has 0 saturated carbocycles. The average molecular weight is 276 g/mol. The summed E-state index contributed by atoms with van der Waals surface area (Å²) in [6.45, 7) is 1.13. The van der Waals surface area contributed by atoms with Crippen molar-refractivity contribution in [3.05, 3.63) is 41.8 Å². The van der Waals surface area contributed by atoms with E-state index in [0.29, 0.717) is 11.4 Å². The molecule has 0 fully saturated rings. The van der Waals surface area contributed by atoms with Crippen LogP contribution in [0.5, 0.6) is 5.75 Å². The molecule has 0 aliphatic rings. The number of rotatable bonds is 4. The summed E-state index contributed by atoms with van der Waals surface area (Å²) in [7, 11) is 0. The number of hydrogen-bond acceptors (Lipinski definition) is 5. The summed E-state index contributed by atoms with van der Waals surface area (Å²) in [4.78, 5) is 24.2. The molecule has 0 bridgehead atoms. The van der Waals surface area contributed by atoms with Gasteiger partial charge in [-0.05, 0) is 31.2 Å². The minimum absolute atomic E-state index is 0.0204. The molecule has 0 atom stereocenters. The number of aromatic nitrogens is 1. The maximum atomic E-state index is 12.2. The maximum Gasteiger partial charge on any atom is 0.323 e. The van der Waals surface area contributed by atoms with Crippen molar-refractivity contribution in [1.29, 1.82) is 0 Å². The molecule has 7 nitrogen and oxygen atoms in total. The molecule has 2 aromatic rings. The molecule has 0 saturated heterocycles. The van der Waals surface area contributed by atoms with Crippen LogP contribution in [0.2, 0.25) is 0 Å². The summed E-state index contributed by atoms with van der Waals surface area (Å²) in [5.41, 5.74) is 0.860. The fourth-order valence-electron chi connectivity index (χ4n) is 1.65. The fraction of sp³-hybridized carbons (Fsp3) is 0.154. The number of carbonyl (C=O) groups excluding carboxylic acids is 1. The van der Waals surface area contributed by atoms with Crippen molar-refractivity contribution in [3.63, 3.8) is 0 Å². The smallest absolute Gasteiger partial charge is 0.323 e. The Bertz CT molecular complexity index is 632. The zero-order chi connectivity index (χ0) is 14.7. The Kier molecular flexibility index (Phi) is 3.69. The number of amides is 1. The van der Waals surface area contributed by atoms with E-state index in [-0.39, 0.29) is 11.5 Å². The lowest BCUT2D eigenvalue weighted by Crippen LogP contribution is -2.35. The lowest BCUT2D eigenvalue weighted by molar-refractivity contribution is -0.135. The van der Waals surface area contributed by atoms with Crippen LogP contribution in [0.1, 0.15) is 16.2 Å². The predicted octanol–water partition coefficient (Wildman–Crippen LogP) is 1.42. The number of anilines is 1. The van der Waals surface area contributed by atoms with Crippen LogP contribution in [0.15, 0.2) is 34.9 Å². The molecule has 2 rings (SSSR count). The molecule has 1 aromatic heterocycles. The number of hydrogen-bond donors (Lipinski definition) is 2. The van der Waals surface area contributed by atoms with Crippen molar-refractivity contribution in [2.24, 2.45) is 0 Å². The number of carbonyl (C=O) groups is 2. The predicted molar refractivity (Wildman–Crippen MR) is 68.7 cm³/mol. The third-order valence-corrected chi connectivity index (χ3v) is 2.54. The van der Waals surface area contributed by atoms with Crippen LogP contribution >= 0.6 is 0 Å². The maximum absolute atomic E-state index is 12.2. The van der Waals surface area contributed by atoms with E-state index < -0.39 is 18.4 Å². The van der Waals surface area contributed by atoms with Gasteiger partial charge in [0.25, 0.3) is 5.91 Å². The van der Waals surface area contributed by atoms with Gasteiger partial charge in [-0.1, -0.05) is 5.16 Å². The van der Waals surface area contributed by atoms with Crippen molar-refractivity contribution < 1.29 is 24.3 Å². The van der Waals surface area contributed by atoms with E-state index in [1.54, 1.807) is 6.92 Å². The molecule has 0 aliphatic heterocycles. The van der Waals surface area contributed by atoms with Crippen molar-refractivity contribution in [2.75, 3.05) is 11.4 Å². The number of phenolic OH excluding ortho intramolecular Hbond substituents is 1. The highest BCUT2D eigenvalue weighted by Gasteiger charge is 2.23. The number of phenols is 1. The molecule has 2 N–H and O–H groups in total. The number of aliphatic carboxylic acids is 1. The summed E-state index contributed by atoms with van der Waals surface area (Å²) in [5.74, 6) is -1.80. The Balaban J connectivity index is 2.34. The summed E-state index contributed by atoms with van der Waals surface area (Å²) < 4.78 is 4.85. The molecule has 0 radical (unpaired) electrons. The van der Waals surface area contributed by atoms with Crippen LogP contribution in [0, 0.1) is 6.92 Å². The molecule has 0 unspecified atom stereocenters. The van der Waals surface area contributed by atoms with Crippen LogP contribution in [0.4, 0.5) is 5.69 Å². The Morgan fingerprint density at radius 3 is 2.45 bits per heavy atom. The molecule has 104 valence electrons. The lowest BCUT2D eigenvalue weighted by atomic mass is 10.2. The van der Waals surface area contributed by atoms with E-state index in [1.807, 2.05) is 0 Å². The molecule has 7 heteroatoms. The Morgan fingerprint density at radius 2 is 1.95 bits per heavy atom. The van der Waals surface area contributed by atoms with Gasteiger partial charge in [-0.3, -0.25) is 14.5 Å². The van der Waals surface area contributed by atoms with Gasteiger partial charge in [0.2, 0.25) is 5.76 Å². The van der Waals surface area contributed by atoms with Crippen LogP contribution < -0.4 is 4.90 Å². The van der Waals surface area contributed by atoms with E-state index in [9.17, 15) is 14.7 Å². The second kappa shape index (κ2) is 5.43. The van der Waals surface area contributed by atoms with Crippen molar-refractivity contribution in [2.45, 2.75) is 6.92 Å². The first-order valence-electron chi connectivity index (χ1n) is 5.73. The first-order valence-corrected chi connectivity index (χ1v) is 5.73. The van der Waals surface area contributed by atoms with E-state index in [2.05, 4.69) is 5.16 Å². The molecular weight excluding hydrogens is 264 g/mol. The molecule has 0 spiro atoms. The molecule has 1 aromatic carbocycles. The van der Waals surface area contributed by atoms with Gasteiger partial charge >= 0.3 is 5.97 Å². The van der Waals surface area contributed by atoms with Crippen LogP contribution in [-0.2, 0) is 4.79 Å². The SMILES string of the molecule is Cc1cc(C(=O)N(CC(=O)O)c2ccc(O)cc2)on1. The van der Waals surface area contributed by atoms with Gasteiger partial charge in [0.15, 0.2) is 0 Å². The highest BCUT2D eigenvalue weighted by Crippen LogP contribution is 2.20. The van der Waals surface area contributed by atoms with Gasteiger partial charge in [-0.2, -0.15) is 0 Å². The van der Waals surface area contributed by atoms with Crippen molar-refractivity contribution in [3.8, 4) is 5.75 Å². The van der Waals surface area contributed by atoms with Gasteiger partial charge in [-0.15, -0.1) is 0 Å². The summed E-state index contributed by atoms with van der Waals surface area (Å²) in [6, 6.07) is 7.04. The summed E-state index contributed by atoms with van der Waals surface area (Å²) in [5, 5.41) is 21.7. The third-order valence-electron chi connectivity index (χ3n) is 2.54. The Hall–Kier alpha value is -2.83. The average Bonchev–Trinajstić information content (AvgIpc) is 2.83. The summed E-state index contributed by atoms with van der Waals surface area (Å²) >= 11 is 0. The largest absolute Gasteiger partial charge is 0.508 e. The van der Waals surface area contributed by atoms with Crippen LogP contribution in [0.3, 0.4) is 0 Å². The molecule has 20 heavy (non-hydrogen) atoms. The second-order valence-electron chi connectivity index (χ2n) is 4.13. The standard InChI is InChI=1S/C13H12N2O5/c1-8-6-11(20-14-8)13(19)15(7-12(17)18)9-2-4-10(16)5-3-9/h2-6,16H,7H2,1H3,(H,17,18). The Morgan fingerprint density at radius 1 is 1.30 bits per heavy atom. The van der Waals surface area contributed by atoms with Crippen LogP contribution in [-0.4, -0.2) is 33.8 Å². The zero-order valence-corrected chi connectivity index (χ0v) is 10.6. The third kappa shape index (κ3) is 2.94.